The molecule has 0 fully saturated rings. The second-order valence-electron chi connectivity index (χ2n) is 7.56. The zero-order valence-electron chi connectivity index (χ0n) is 16.4. The van der Waals surface area contributed by atoms with E-state index in [0.717, 1.165) is 28.9 Å². The molecule has 1 amide bonds. The molecule has 154 valence electrons. The molecule has 0 unspecified atom stereocenters. The predicted molar refractivity (Wildman–Crippen MR) is 123 cm³/mol. The molecule has 4 nitrogen and oxygen atoms in total. The lowest BCUT2D eigenvalue weighted by Gasteiger charge is -2.20. The third-order valence-electron chi connectivity index (χ3n) is 5.35. The normalized spacial score (nSPS) is 13.8. The molecule has 3 aromatic carbocycles. The van der Waals surface area contributed by atoms with Crippen molar-refractivity contribution in [2.75, 3.05) is 5.32 Å². The van der Waals surface area contributed by atoms with E-state index in [9.17, 15) is 4.79 Å². The molecule has 0 aromatic heterocycles. The van der Waals surface area contributed by atoms with E-state index in [4.69, 9.17) is 28.9 Å². The van der Waals surface area contributed by atoms with Crippen LogP contribution in [-0.4, -0.2) is 16.8 Å². The highest BCUT2D eigenvalue weighted by Gasteiger charge is 2.27. The fourth-order valence-corrected chi connectivity index (χ4v) is 4.19. The Bertz CT molecular complexity index is 1060. The number of benzene rings is 3. The molecule has 0 saturated carbocycles. The van der Waals surface area contributed by atoms with Crippen LogP contribution in [0.25, 0.3) is 0 Å². The Kier molecular flexibility index (Phi) is 6.28. The van der Waals surface area contributed by atoms with Gasteiger partial charge in [-0.15, -0.1) is 0 Å². The van der Waals surface area contributed by atoms with E-state index in [1.54, 1.807) is 17.0 Å². The predicted octanol–water partition coefficient (Wildman–Crippen LogP) is 5.02. The summed E-state index contributed by atoms with van der Waals surface area (Å²) in [5, 5.41) is 4.54. The van der Waals surface area contributed by atoms with Gasteiger partial charge in [-0.1, -0.05) is 65.7 Å². The summed E-state index contributed by atoms with van der Waals surface area (Å²) in [5.41, 5.74) is 11.6. The van der Waals surface area contributed by atoms with Gasteiger partial charge in [0.1, 0.15) is 0 Å². The van der Waals surface area contributed by atoms with Crippen molar-refractivity contribution < 1.29 is 4.79 Å². The van der Waals surface area contributed by atoms with Crippen molar-refractivity contribution in [1.29, 1.82) is 0 Å². The molecule has 1 aliphatic heterocycles. The summed E-state index contributed by atoms with van der Waals surface area (Å²) in [6, 6.07) is 21.1. The van der Waals surface area contributed by atoms with Crippen molar-refractivity contribution in [2.45, 2.75) is 32.1 Å². The number of nitrogens with zero attached hydrogens (tertiary/aromatic N) is 1. The van der Waals surface area contributed by atoms with Crippen LogP contribution in [0.3, 0.4) is 0 Å². The largest absolute Gasteiger partial charge is 0.381 e. The van der Waals surface area contributed by atoms with Gasteiger partial charge in [-0.25, -0.2) is 0 Å². The molecule has 3 N–H and O–H groups in total. The number of fused-ring (bicyclic) bond motifs is 1. The van der Waals surface area contributed by atoms with Gasteiger partial charge in [0.15, 0.2) is 0 Å². The second kappa shape index (κ2) is 9.09. The van der Waals surface area contributed by atoms with E-state index in [-0.39, 0.29) is 5.91 Å². The second-order valence-corrected chi connectivity index (χ2v) is 8.41. The molecule has 1 aliphatic rings. The lowest BCUT2D eigenvalue weighted by atomic mass is 10.1. The van der Waals surface area contributed by atoms with Gasteiger partial charge in [0.05, 0.1) is 6.04 Å². The fraction of sp³-hybridized carbons (Fsp3) is 0.208. The van der Waals surface area contributed by atoms with Crippen molar-refractivity contribution in [3.63, 3.8) is 0 Å². The zero-order valence-corrected chi connectivity index (χ0v) is 18.0. The fourth-order valence-electron chi connectivity index (χ4n) is 3.71. The molecule has 30 heavy (non-hydrogen) atoms. The van der Waals surface area contributed by atoms with Crippen molar-refractivity contribution in [2.24, 2.45) is 5.73 Å². The highest BCUT2D eigenvalue weighted by molar-refractivity contribution is 6.35. The number of nitrogens with one attached hydrogen (secondary N) is 1. The molecular weight excluding hydrogens is 417 g/mol. The Morgan fingerprint density at radius 1 is 1.00 bits per heavy atom. The monoisotopic (exact) mass is 439 g/mol. The number of carbonyl (C=O) groups is 1. The summed E-state index contributed by atoms with van der Waals surface area (Å²) < 4.78 is 0. The third-order valence-corrected chi connectivity index (χ3v) is 5.94. The summed E-state index contributed by atoms with van der Waals surface area (Å²) in [5.74, 6) is -0.0731. The number of amides is 1. The van der Waals surface area contributed by atoms with Crippen LogP contribution in [0.2, 0.25) is 10.0 Å². The number of hydrogen-bond donors (Lipinski definition) is 2. The van der Waals surface area contributed by atoms with Gasteiger partial charge in [0.2, 0.25) is 5.91 Å². The van der Waals surface area contributed by atoms with Gasteiger partial charge in [-0.2, -0.15) is 0 Å². The summed E-state index contributed by atoms with van der Waals surface area (Å²) >= 11 is 12.2. The summed E-state index contributed by atoms with van der Waals surface area (Å²) in [7, 11) is 0. The molecule has 6 heteroatoms. The van der Waals surface area contributed by atoms with Crippen LogP contribution in [0.4, 0.5) is 5.69 Å². The van der Waals surface area contributed by atoms with Gasteiger partial charge >= 0.3 is 0 Å². The average molecular weight is 440 g/mol. The average Bonchev–Trinajstić information content (AvgIpc) is 3.17. The summed E-state index contributed by atoms with van der Waals surface area (Å²) in [4.78, 5) is 14.7. The van der Waals surface area contributed by atoms with E-state index in [1.807, 2.05) is 24.3 Å². The Hall–Kier alpha value is -2.53. The minimum atomic E-state index is -0.645. The molecule has 0 saturated heterocycles. The number of nitrogens with two attached hydrogens (primary N) is 1. The summed E-state index contributed by atoms with van der Waals surface area (Å²) in [6.07, 6.45) is 0.381. The van der Waals surface area contributed by atoms with E-state index in [2.05, 4.69) is 35.6 Å². The maximum absolute atomic E-state index is 12.9. The van der Waals surface area contributed by atoms with E-state index in [1.165, 1.54) is 5.56 Å². The number of rotatable bonds is 6. The number of anilines is 1. The highest BCUT2D eigenvalue weighted by Crippen LogP contribution is 2.27. The first-order valence-electron chi connectivity index (χ1n) is 9.87. The lowest BCUT2D eigenvalue weighted by molar-refractivity contribution is -0.133. The van der Waals surface area contributed by atoms with Gasteiger partial charge in [-0.05, 0) is 52.9 Å². The van der Waals surface area contributed by atoms with Gasteiger partial charge in [0, 0.05) is 35.4 Å². The molecule has 0 bridgehead atoms. The Morgan fingerprint density at radius 3 is 2.53 bits per heavy atom. The van der Waals surface area contributed by atoms with Crippen LogP contribution in [0.1, 0.15) is 22.3 Å². The molecule has 0 radical (unpaired) electrons. The minimum Gasteiger partial charge on any atom is -0.381 e. The molecule has 1 heterocycles. The van der Waals surface area contributed by atoms with Crippen LogP contribution in [0.15, 0.2) is 66.7 Å². The maximum Gasteiger partial charge on any atom is 0.240 e. The van der Waals surface area contributed by atoms with Crippen LogP contribution >= 0.6 is 23.2 Å². The van der Waals surface area contributed by atoms with Crippen LogP contribution in [0.5, 0.6) is 0 Å². The standard InChI is InChI=1S/C24H23Cl2N3O/c25-20-8-6-17(22(26)12-20)11-23(27)24(30)29-14-18-7-9-21(10-19(18)15-29)28-13-16-4-2-1-3-5-16/h1-10,12,23,28H,11,13-15,27H2/t23-/m1/s1. The van der Waals surface area contributed by atoms with E-state index < -0.39 is 6.04 Å². The Morgan fingerprint density at radius 2 is 1.77 bits per heavy atom. The zero-order chi connectivity index (χ0) is 21.1. The minimum absolute atomic E-state index is 0.0731. The molecule has 0 aliphatic carbocycles. The SMILES string of the molecule is N[C@H](Cc1ccc(Cl)cc1Cl)C(=O)N1Cc2ccc(NCc3ccccc3)cc2C1. The van der Waals surface area contributed by atoms with Gasteiger partial charge in [-0.3, -0.25) is 4.79 Å². The van der Waals surface area contributed by atoms with E-state index in [0.29, 0.717) is 29.6 Å². The first-order valence-corrected chi connectivity index (χ1v) is 10.6. The smallest absolute Gasteiger partial charge is 0.240 e. The first kappa shape index (κ1) is 20.7. The number of halogens is 2. The van der Waals surface area contributed by atoms with Crippen molar-refractivity contribution in [1.82, 2.24) is 4.90 Å². The van der Waals surface area contributed by atoms with Crippen molar-refractivity contribution >= 4 is 34.8 Å². The van der Waals surface area contributed by atoms with Gasteiger partial charge in [0.25, 0.3) is 0 Å². The highest BCUT2D eigenvalue weighted by atomic mass is 35.5. The molecule has 3 aromatic rings. The number of carbonyl (C=O) groups excluding carboxylic acids is 1. The number of hydrogen-bond acceptors (Lipinski definition) is 3. The van der Waals surface area contributed by atoms with Crippen LogP contribution in [0, 0.1) is 0 Å². The first-order chi connectivity index (χ1) is 14.5. The Labute approximate surface area is 186 Å². The van der Waals surface area contributed by atoms with Crippen LogP contribution < -0.4 is 11.1 Å². The molecule has 4 rings (SSSR count). The lowest BCUT2D eigenvalue weighted by Crippen LogP contribution is -2.42. The van der Waals surface area contributed by atoms with Crippen molar-refractivity contribution in [3.05, 3.63) is 99.0 Å². The molecular formula is C24H23Cl2N3O. The molecule has 1 atom stereocenters. The maximum atomic E-state index is 12.9. The third kappa shape index (κ3) is 4.78. The quantitative estimate of drug-likeness (QED) is 0.566. The van der Waals surface area contributed by atoms with Crippen LogP contribution in [-0.2, 0) is 30.8 Å². The van der Waals surface area contributed by atoms with Gasteiger partial charge < -0.3 is 16.0 Å². The topological polar surface area (TPSA) is 58.4 Å². The molecule has 0 spiro atoms. The van der Waals surface area contributed by atoms with E-state index >= 15 is 0 Å². The summed E-state index contributed by atoms with van der Waals surface area (Å²) in [6.45, 7) is 1.90. The van der Waals surface area contributed by atoms with Crippen molar-refractivity contribution in [3.8, 4) is 0 Å². The Balaban J connectivity index is 1.38.